The molecule has 1 atom stereocenters. The van der Waals surface area contributed by atoms with Gasteiger partial charge in [0.15, 0.2) is 11.5 Å². The van der Waals surface area contributed by atoms with Crippen molar-refractivity contribution in [3.05, 3.63) is 21.7 Å². The Bertz CT molecular complexity index is 402. The summed E-state index contributed by atoms with van der Waals surface area (Å²) in [5, 5.41) is 9.74. The van der Waals surface area contributed by atoms with Gasteiger partial charge in [-0.05, 0) is 46.5 Å². The van der Waals surface area contributed by atoms with Crippen LogP contribution < -0.4 is 9.47 Å². The van der Waals surface area contributed by atoms with Gasteiger partial charge in [-0.25, -0.2) is 0 Å². The highest BCUT2D eigenvalue weighted by atomic mass is 79.9. The zero-order valence-electron chi connectivity index (χ0n) is 9.42. The van der Waals surface area contributed by atoms with Crippen molar-refractivity contribution in [3.63, 3.8) is 0 Å². The zero-order chi connectivity index (χ0) is 11.7. The van der Waals surface area contributed by atoms with E-state index in [-0.39, 0.29) is 0 Å². The lowest BCUT2D eigenvalue weighted by Crippen LogP contribution is -2.17. The highest BCUT2D eigenvalue weighted by molar-refractivity contribution is 9.10. The molecule has 0 amide bonds. The first-order valence-electron chi connectivity index (χ1n) is 5.44. The minimum atomic E-state index is -0.498. The average molecular weight is 287 g/mol. The monoisotopic (exact) mass is 286 g/mol. The number of hydrogen-bond acceptors (Lipinski definition) is 3. The molecule has 0 fully saturated rings. The van der Waals surface area contributed by atoms with Crippen molar-refractivity contribution in [2.24, 2.45) is 0 Å². The van der Waals surface area contributed by atoms with Crippen LogP contribution in [0.2, 0.25) is 0 Å². The van der Waals surface area contributed by atoms with Gasteiger partial charge in [-0.3, -0.25) is 0 Å². The molecule has 16 heavy (non-hydrogen) atoms. The SMILES string of the molecule is CCc1c(C(C)O)cc2c(c1Br)OCCO2. The van der Waals surface area contributed by atoms with Crippen LogP contribution >= 0.6 is 15.9 Å². The lowest BCUT2D eigenvalue weighted by atomic mass is 10.00. The zero-order valence-corrected chi connectivity index (χ0v) is 11.0. The number of fused-ring (bicyclic) bond motifs is 1. The van der Waals surface area contributed by atoms with Crippen LogP contribution in [0.25, 0.3) is 0 Å². The lowest BCUT2D eigenvalue weighted by molar-refractivity contribution is 0.166. The van der Waals surface area contributed by atoms with Crippen molar-refractivity contribution >= 4 is 15.9 Å². The molecule has 0 radical (unpaired) electrons. The molecule has 2 rings (SSSR count). The van der Waals surface area contributed by atoms with Crippen LogP contribution in [0.1, 0.15) is 31.1 Å². The molecule has 1 aromatic rings. The van der Waals surface area contributed by atoms with Crippen LogP contribution in [-0.4, -0.2) is 18.3 Å². The van der Waals surface area contributed by atoms with Gasteiger partial charge >= 0.3 is 0 Å². The van der Waals surface area contributed by atoms with Gasteiger partial charge in [0, 0.05) is 0 Å². The molecule has 0 saturated heterocycles. The predicted octanol–water partition coefficient (Wildman–Crippen LogP) is 2.84. The summed E-state index contributed by atoms with van der Waals surface area (Å²) >= 11 is 3.53. The van der Waals surface area contributed by atoms with Gasteiger partial charge < -0.3 is 14.6 Å². The van der Waals surface area contributed by atoms with Crippen molar-refractivity contribution in [2.75, 3.05) is 13.2 Å². The van der Waals surface area contributed by atoms with Crippen molar-refractivity contribution in [2.45, 2.75) is 26.4 Å². The van der Waals surface area contributed by atoms with Crippen LogP contribution in [0, 0.1) is 0 Å². The van der Waals surface area contributed by atoms with Crippen molar-refractivity contribution in [3.8, 4) is 11.5 Å². The summed E-state index contributed by atoms with van der Waals surface area (Å²) in [5.41, 5.74) is 1.98. The third-order valence-corrected chi connectivity index (χ3v) is 3.55. The van der Waals surface area contributed by atoms with Gasteiger partial charge in [-0.2, -0.15) is 0 Å². The van der Waals surface area contributed by atoms with Crippen molar-refractivity contribution in [1.82, 2.24) is 0 Å². The van der Waals surface area contributed by atoms with Crippen LogP contribution in [-0.2, 0) is 6.42 Å². The van der Waals surface area contributed by atoms with E-state index in [1.54, 1.807) is 6.92 Å². The topological polar surface area (TPSA) is 38.7 Å². The van der Waals surface area contributed by atoms with E-state index in [4.69, 9.17) is 9.47 Å². The molecule has 1 aromatic carbocycles. The van der Waals surface area contributed by atoms with Gasteiger partial charge in [-0.1, -0.05) is 6.92 Å². The fourth-order valence-electron chi connectivity index (χ4n) is 1.93. The molecule has 4 heteroatoms. The van der Waals surface area contributed by atoms with E-state index in [2.05, 4.69) is 22.9 Å². The lowest BCUT2D eigenvalue weighted by Gasteiger charge is -2.23. The van der Waals surface area contributed by atoms with Crippen molar-refractivity contribution in [1.29, 1.82) is 0 Å². The molecule has 1 unspecified atom stereocenters. The number of ether oxygens (including phenoxy) is 2. The number of rotatable bonds is 2. The Hall–Kier alpha value is -0.740. The maximum absolute atomic E-state index is 9.74. The second-order valence-corrected chi connectivity index (χ2v) is 4.61. The standard InChI is InChI=1S/C12H15BrO3/c1-3-8-9(7(2)14)6-10-12(11(8)13)16-5-4-15-10/h6-7,14H,3-5H2,1-2H3. The quantitative estimate of drug-likeness (QED) is 0.909. The third-order valence-electron chi connectivity index (χ3n) is 2.71. The largest absolute Gasteiger partial charge is 0.486 e. The van der Waals surface area contributed by atoms with E-state index < -0.39 is 6.10 Å². The molecule has 3 nitrogen and oxygen atoms in total. The Morgan fingerprint density at radius 2 is 2.12 bits per heavy atom. The van der Waals surface area contributed by atoms with Gasteiger partial charge in [-0.15, -0.1) is 0 Å². The van der Waals surface area contributed by atoms with Crippen LogP contribution in [0.15, 0.2) is 10.5 Å². The summed E-state index contributed by atoms with van der Waals surface area (Å²) in [5.74, 6) is 1.47. The van der Waals surface area contributed by atoms with E-state index in [1.807, 2.05) is 6.07 Å². The minimum Gasteiger partial charge on any atom is -0.486 e. The van der Waals surface area contributed by atoms with Crippen LogP contribution in [0.5, 0.6) is 11.5 Å². The molecule has 88 valence electrons. The summed E-state index contributed by atoms with van der Waals surface area (Å²) in [7, 11) is 0. The minimum absolute atomic E-state index is 0.498. The van der Waals surface area contributed by atoms with Gasteiger partial charge in [0.1, 0.15) is 13.2 Å². The van der Waals surface area contributed by atoms with E-state index in [1.165, 1.54) is 0 Å². The molecule has 1 aliphatic rings. The molecule has 0 bridgehead atoms. The van der Waals surface area contributed by atoms with Crippen LogP contribution in [0.3, 0.4) is 0 Å². The predicted molar refractivity (Wildman–Crippen MR) is 65.1 cm³/mol. The van der Waals surface area contributed by atoms with Crippen LogP contribution in [0.4, 0.5) is 0 Å². The number of benzene rings is 1. The number of hydrogen-bond donors (Lipinski definition) is 1. The Morgan fingerprint density at radius 3 is 2.75 bits per heavy atom. The number of halogens is 1. The maximum atomic E-state index is 9.74. The molecule has 1 heterocycles. The van der Waals surface area contributed by atoms with E-state index in [0.29, 0.717) is 19.0 Å². The number of aliphatic hydroxyl groups excluding tert-OH is 1. The Labute approximate surface area is 104 Å². The van der Waals surface area contributed by atoms with Gasteiger partial charge in [0.2, 0.25) is 0 Å². The molecule has 0 aliphatic carbocycles. The normalized spacial score (nSPS) is 16.0. The highest BCUT2D eigenvalue weighted by Gasteiger charge is 2.22. The van der Waals surface area contributed by atoms with E-state index >= 15 is 0 Å². The fraction of sp³-hybridized carbons (Fsp3) is 0.500. The summed E-state index contributed by atoms with van der Waals surface area (Å²) in [6.45, 7) is 4.95. The molecule has 1 N–H and O–H groups in total. The Kier molecular flexibility index (Phi) is 3.40. The second kappa shape index (κ2) is 4.63. The first-order valence-corrected chi connectivity index (χ1v) is 6.23. The maximum Gasteiger partial charge on any atom is 0.175 e. The van der Waals surface area contributed by atoms with Gasteiger partial charge in [0.05, 0.1) is 10.6 Å². The van der Waals surface area contributed by atoms with Gasteiger partial charge in [0.25, 0.3) is 0 Å². The Morgan fingerprint density at radius 1 is 1.44 bits per heavy atom. The van der Waals surface area contributed by atoms with E-state index in [9.17, 15) is 5.11 Å². The van der Waals surface area contributed by atoms with Crippen molar-refractivity contribution < 1.29 is 14.6 Å². The first kappa shape index (κ1) is 11.7. The summed E-state index contributed by atoms with van der Waals surface area (Å²) in [4.78, 5) is 0. The van der Waals surface area contributed by atoms with E-state index in [0.717, 1.165) is 27.8 Å². The Balaban J connectivity index is 2.59. The highest BCUT2D eigenvalue weighted by Crippen LogP contribution is 2.43. The molecular formula is C12H15BrO3. The third kappa shape index (κ3) is 1.92. The summed E-state index contributed by atoms with van der Waals surface area (Å²) in [6, 6.07) is 1.88. The second-order valence-electron chi connectivity index (χ2n) is 3.81. The summed E-state index contributed by atoms with van der Waals surface area (Å²) < 4.78 is 12.0. The molecule has 0 aromatic heterocycles. The fourth-order valence-corrected chi connectivity index (χ4v) is 2.75. The first-order chi connectivity index (χ1) is 7.65. The molecule has 0 saturated carbocycles. The average Bonchev–Trinajstić information content (AvgIpc) is 2.29. The smallest absolute Gasteiger partial charge is 0.175 e. The molecule has 0 spiro atoms. The molecular weight excluding hydrogens is 272 g/mol. The number of aliphatic hydroxyl groups is 1. The molecule has 1 aliphatic heterocycles. The summed E-state index contributed by atoms with van der Waals surface area (Å²) in [6.07, 6.45) is 0.347.